The van der Waals surface area contributed by atoms with Gasteiger partial charge in [0.1, 0.15) is 11.0 Å². The number of hydrogen-bond acceptors (Lipinski definition) is 4. The second kappa shape index (κ2) is 12.6. The maximum atomic E-state index is 5.43. The molecule has 11 aromatic rings. The van der Waals surface area contributed by atoms with Crippen LogP contribution in [0.1, 0.15) is 0 Å². The standard InChI is InChI=1S/C50H31N5/c1-4-14-32(15-5-1)33-24-26-36(27-25-33)49-51-30-43-41-28-39(34-16-6-2-7-17-34)40(35-18-8-3-9-19-35)29-42(41)44-31-52-50(54-48(44)47(43)53-49)55-45-22-12-10-20-37(45)38-21-11-13-23-46(38)55/h1-31H. The van der Waals surface area contributed by atoms with Crippen LogP contribution in [0.5, 0.6) is 0 Å². The molecule has 0 fully saturated rings. The molecule has 0 unspecified atom stereocenters. The van der Waals surface area contributed by atoms with Crippen LogP contribution in [-0.4, -0.2) is 24.5 Å². The van der Waals surface area contributed by atoms with Crippen molar-refractivity contribution in [3.05, 3.63) is 188 Å². The average Bonchev–Trinajstić information content (AvgIpc) is 3.61. The van der Waals surface area contributed by atoms with Gasteiger partial charge in [0.05, 0.1) is 11.0 Å². The Balaban J connectivity index is 1.21. The summed E-state index contributed by atoms with van der Waals surface area (Å²) in [7, 11) is 0. The summed E-state index contributed by atoms with van der Waals surface area (Å²) < 4.78 is 2.17. The lowest BCUT2D eigenvalue weighted by Crippen LogP contribution is -2.02. The van der Waals surface area contributed by atoms with E-state index in [1.165, 1.54) is 5.56 Å². The highest BCUT2D eigenvalue weighted by Crippen LogP contribution is 2.42. The molecule has 0 aliphatic carbocycles. The first kappa shape index (κ1) is 31.1. The number of aromatic nitrogens is 5. The molecule has 0 aliphatic heterocycles. The van der Waals surface area contributed by atoms with E-state index in [9.17, 15) is 0 Å². The van der Waals surface area contributed by atoms with Crippen molar-refractivity contribution in [3.8, 4) is 50.7 Å². The quantitative estimate of drug-likeness (QED) is 0.168. The van der Waals surface area contributed by atoms with Crippen molar-refractivity contribution in [2.45, 2.75) is 0 Å². The first-order valence-corrected chi connectivity index (χ1v) is 18.5. The van der Waals surface area contributed by atoms with Crippen LogP contribution in [0.3, 0.4) is 0 Å². The minimum atomic E-state index is 0.599. The first-order valence-electron chi connectivity index (χ1n) is 18.5. The highest BCUT2D eigenvalue weighted by Gasteiger charge is 2.20. The molecular formula is C50H31N5. The summed E-state index contributed by atoms with van der Waals surface area (Å²) in [4.78, 5) is 20.9. The van der Waals surface area contributed by atoms with Gasteiger partial charge in [-0.15, -0.1) is 0 Å². The fraction of sp³-hybridized carbons (Fsp3) is 0. The third-order valence-electron chi connectivity index (χ3n) is 10.7. The zero-order valence-electron chi connectivity index (χ0n) is 29.6. The monoisotopic (exact) mass is 701 g/mol. The van der Waals surface area contributed by atoms with Gasteiger partial charge in [-0.1, -0.05) is 152 Å². The number of nitrogens with zero attached hydrogens (tertiary/aromatic N) is 5. The Morgan fingerprint density at radius 1 is 0.327 bits per heavy atom. The van der Waals surface area contributed by atoms with Crippen LogP contribution in [0.15, 0.2) is 188 Å². The maximum Gasteiger partial charge on any atom is 0.235 e. The maximum absolute atomic E-state index is 5.43. The normalized spacial score (nSPS) is 11.6. The number of benzene rings is 8. The summed E-state index contributed by atoms with van der Waals surface area (Å²) in [5, 5.41) is 6.31. The molecular weight excluding hydrogens is 671 g/mol. The molecule has 8 aromatic carbocycles. The second-order valence-electron chi connectivity index (χ2n) is 13.9. The van der Waals surface area contributed by atoms with Crippen LogP contribution in [-0.2, 0) is 0 Å². The Labute approximate surface area is 316 Å². The molecule has 55 heavy (non-hydrogen) atoms. The third-order valence-corrected chi connectivity index (χ3v) is 10.7. The van der Waals surface area contributed by atoms with Crippen LogP contribution in [0.25, 0.3) is 105 Å². The summed E-state index contributed by atoms with van der Waals surface area (Å²) in [6.45, 7) is 0. The Morgan fingerprint density at radius 3 is 1.33 bits per heavy atom. The molecule has 3 heterocycles. The van der Waals surface area contributed by atoms with E-state index in [2.05, 4.69) is 174 Å². The van der Waals surface area contributed by atoms with Gasteiger partial charge in [-0.3, -0.25) is 4.57 Å². The molecule has 5 nitrogen and oxygen atoms in total. The Kier molecular flexibility index (Phi) is 7.10. The van der Waals surface area contributed by atoms with Crippen molar-refractivity contribution < 1.29 is 0 Å². The molecule has 0 radical (unpaired) electrons. The van der Waals surface area contributed by atoms with Gasteiger partial charge >= 0.3 is 0 Å². The molecule has 0 saturated carbocycles. The molecule has 0 amide bonds. The predicted molar refractivity (Wildman–Crippen MR) is 226 cm³/mol. The first-order chi connectivity index (χ1) is 27.3. The molecule has 0 spiro atoms. The van der Waals surface area contributed by atoms with Crippen molar-refractivity contribution in [2.75, 3.05) is 0 Å². The number of hydrogen-bond donors (Lipinski definition) is 0. The van der Waals surface area contributed by atoms with E-state index in [1.54, 1.807) is 0 Å². The smallest absolute Gasteiger partial charge is 0.235 e. The topological polar surface area (TPSA) is 56.5 Å². The van der Waals surface area contributed by atoms with E-state index >= 15 is 0 Å². The van der Waals surface area contributed by atoms with Crippen LogP contribution in [0, 0.1) is 0 Å². The Bertz CT molecular complexity index is 3170. The Morgan fingerprint density at radius 2 is 0.764 bits per heavy atom. The van der Waals surface area contributed by atoms with E-state index in [0.717, 1.165) is 87.8 Å². The van der Waals surface area contributed by atoms with Gasteiger partial charge in [0.15, 0.2) is 5.82 Å². The van der Waals surface area contributed by atoms with Gasteiger partial charge in [-0.25, -0.2) is 19.9 Å². The number of fused-ring (bicyclic) bond motifs is 9. The molecule has 5 heteroatoms. The van der Waals surface area contributed by atoms with Gasteiger partial charge in [0.25, 0.3) is 0 Å². The van der Waals surface area contributed by atoms with Crippen molar-refractivity contribution >= 4 is 54.4 Å². The number of rotatable bonds is 5. The lowest BCUT2D eigenvalue weighted by Gasteiger charge is -2.16. The largest absolute Gasteiger partial charge is 0.278 e. The molecule has 0 N–H and O–H groups in total. The van der Waals surface area contributed by atoms with E-state index in [4.69, 9.17) is 19.9 Å². The molecule has 0 atom stereocenters. The summed E-state index contributed by atoms with van der Waals surface area (Å²) in [6, 6.07) is 61.6. The van der Waals surface area contributed by atoms with Crippen LogP contribution in [0.2, 0.25) is 0 Å². The zero-order chi connectivity index (χ0) is 36.3. The highest BCUT2D eigenvalue weighted by atomic mass is 15.2. The minimum absolute atomic E-state index is 0.599. The van der Waals surface area contributed by atoms with E-state index < -0.39 is 0 Å². The lowest BCUT2D eigenvalue weighted by molar-refractivity contribution is 1.01. The van der Waals surface area contributed by atoms with E-state index in [1.807, 2.05) is 18.5 Å². The fourth-order valence-corrected chi connectivity index (χ4v) is 8.10. The summed E-state index contributed by atoms with van der Waals surface area (Å²) >= 11 is 0. The van der Waals surface area contributed by atoms with Gasteiger partial charge in [-0.05, 0) is 68.4 Å². The molecule has 0 saturated heterocycles. The predicted octanol–water partition coefficient (Wildman–Crippen LogP) is 12.5. The summed E-state index contributed by atoms with van der Waals surface area (Å²) in [6.07, 6.45) is 3.96. The van der Waals surface area contributed by atoms with Crippen LogP contribution < -0.4 is 0 Å². The fourth-order valence-electron chi connectivity index (χ4n) is 8.10. The molecule has 256 valence electrons. The van der Waals surface area contributed by atoms with E-state index in [0.29, 0.717) is 11.8 Å². The van der Waals surface area contributed by atoms with Crippen LogP contribution >= 0.6 is 0 Å². The minimum Gasteiger partial charge on any atom is -0.278 e. The number of para-hydroxylation sites is 2. The molecule has 11 rings (SSSR count). The van der Waals surface area contributed by atoms with Gasteiger partial charge in [0.2, 0.25) is 5.95 Å². The summed E-state index contributed by atoms with van der Waals surface area (Å²) in [5.74, 6) is 1.25. The van der Waals surface area contributed by atoms with Crippen LogP contribution in [0.4, 0.5) is 0 Å². The highest BCUT2D eigenvalue weighted by molar-refractivity contribution is 6.24. The van der Waals surface area contributed by atoms with Crippen molar-refractivity contribution in [2.24, 2.45) is 0 Å². The third kappa shape index (κ3) is 5.09. The lowest BCUT2D eigenvalue weighted by atomic mass is 9.89. The Hall–Kier alpha value is -7.50. The van der Waals surface area contributed by atoms with Crippen molar-refractivity contribution in [1.29, 1.82) is 0 Å². The SMILES string of the molecule is c1ccc(-c2ccc(-c3ncc4c5cc(-c6ccccc6)c(-c6ccccc6)cc5c5cnc(-n6c7ccccc7c7ccccc76)nc5c4n3)cc2)cc1. The second-order valence-corrected chi connectivity index (χ2v) is 13.9. The van der Waals surface area contributed by atoms with Gasteiger partial charge in [-0.2, -0.15) is 0 Å². The average molecular weight is 702 g/mol. The van der Waals surface area contributed by atoms with Gasteiger partial charge < -0.3 is 0 Å². The van der Waals surface area contributed by atoms with Crippen molar-refractivity contribution in [1.82, 2.24) is 24.5 Å². The van der Waals surface area contributed by atoms with Crippen molar-refractivity contribution in [3.63, 3.8) is 0 Å². The summed E-state index contributed by atoms with van der Waals surface area (Å²) in [5.41, 5.74) is 11.5. The molecule has 0 aliphatic rings. The van der Waals surface area contributed by atoms with Gasteiger partial charge in [0, 0.05) is 39.5 Å². The zero-order valence-corrected chi connectivity index (χ0v) is 29.6. The molecule has 0 bridgehead atoms. The molecule has 3 aromatic heterocycles. The van der Waals surface area contributed by atoms with E-state index in [-0.39, 0.29) is 0 Å².